The lowest BCUT2D eigenvalue weighted by molar-refractivity contribution is -0.155. The molecule has 0 spiro atoms. The maximum Gasteiger partial charge on any atom is 0.311 e. The van der Waals surface area contributed by atoms with Crippen molar-refractivity contribution in [2.75, 3.05) is 13.7 Å². The van der Waals surface area contributed by atoms with E-state index < -0.39 is 0 Å². The van der Waals surface area contributed by atoms with Crippen molar-refractivity contribution in [2.45, 2.75) is 44.9 Å². The quantitative estimate of drug-likeness (QED) is 0.312. The van der Waals surface area contributed by atoms with Crippen molar-refractivity contribution in [3.63, 3.8) is 0 Å². The zero-order valence-corrected chi connectivity index (χ0v) is 9.83. The number of nitrogens with zero attached hydrogens (tertiary/aromatic N) is 1. The second-order valence-corrected chi connectivity index (χ2v) is 4.41. The van der Waals surface area contributed by atoms with Crippen LogP contribution in [0.3, 0.4) is 0 Å². The van der Waals surface area contributed by atoms with Gasteiger partial charge in [-0.2, -0.15) is 0 Å². The van der Waals surface area contributed by atoms with Gasteiger partial charge in [-0.1, -0.05) is 19.3 Å². The number of carbonyl (C=O) groups excluding carboxylic acids is 2. The number of carbonyl (C=O) groups is 1. The average molecular weight is 225 g/mol. The van der Waals surface area contributed by atoms with E-state index in [0.717, 1.165) is 38.5 Å². The van der Waals surface area contributed by atoms with E-state index in [0.29, 0.717) is 6.54 Å². The van der Waals surface area contributed by atoms with E-state index in [1.807, 2.05) is 0 Å². The van der Waals surface area contributed by atoms with Crippen molar-refractivity contribution >= 4 is 12.0 Å². The van der Waals surface area contributed by atoms with E-state index in [1.54, 1.807) is 0 Å². The molecule has 1 rings (SSSR count). The van der Waals surface area contributed by atoms with Gasteiger partial charge < -0.3 is 4.74 Å². The summed E-state index contributed by atoms with van der Waals surface area (Å²) in [6.45, 7) is 0.461. The van der Waals surface area contributed by atoms with E-state index in [2.05, 4.69) is 4.99 Å². The van der Waals surface area contributed by atoms with E-state index >= 15 is 0 Å². The molecular formula is C12H19NO3. The van der Waals surface area contributed by atoms with Crippen molar-refractivity contribution in [1.82, 2.24) is 0 Å². The molecule has 0 radical (unpaired) electrons. The number of hydrogen-bond acceptors (Lipinski definition) is 4. The third-order valence-electron chi connectivity index (χ3n) is 3.42. The van der Waals surface area contributed by atoms with Gasteiger partial charge >= 0.3 is 5.97 Å². The van der Waals surface area contributed by atoms with Crippen LogP contribution in [-0.4, -0.2) is 25.7 Å². The monoisotopic (exact) mass is 225 g/mol. The molecule has 0 unspecified atom stereocenters. The second-order valence-electron chi connectivity index (χ2n) is 4.41. The van der Waals surface area contributed by atoms with E-state index in [-0.39, 0.29) is 11.4 Å². The lowest BCUT2D eigenvalue weighted by atomic mass is 9.71. The molecule has 4 nitrogen and oxygen atoms in total. The first kappa shape index (κ1) is 12.9. The van der Waals surface area contributed by atoms with Crippen LogP contribution in [0.2, 0.25) is 0 Å². The molecule has 4 heteroatoms. The summed E-state index contributed by atoms with van der Waals surface area (Å²) in [4.78, 5) is 25.3. The Bertz CT molecular complexity index is 276. The van der Waals surface area contributed by atoms with Crippen LogP contribution in [0.5, 0.6) is 0 Å². The first-order valence-electron chi connectivity index (χ1n) is 5.87. The van der Waals surface area contributed by atoms with E-state index in [1.165, 1.54) is 19.6 Å². The van der Waals surface area contributed by atoms with Crippen molar-refractivity contribution in [3.8, 4) is 0 Å². The second kappa shape index (κ2) is 6.44. The molecule has 0 saturated heterocycles. The van der Waals surface area contributed by atoms with Gasteiger partial charge in [0.15, 0.2) is 0 Å². The zero-order chi connectivity index (χ0) is 11.9. The van der Waals surface area contributed by atoms with Gasteiger partial charge in [-0.15, -0.1) is 0 Å². The number of isocyanates is 1. The summed E-state index contributed by atoms with van der Waals surface area (Å²) in [5, 5.41) is 0. The molecule has 1 aliphatic rings. The first-order valence-corrected chi connectivity index (χ1v) is 5.87. The van der Waals surface area contributed by atoms with Gasteiger partial charge in [-0.3, -0.25) is 4.79 Å². The maximum atomic E-state index is 11.8. The predicted molar refractivity (Wildman–Crippen MR) is 59.8 cm³/mol. The fraction of sp³-hybridized carbons (Fsp3) is 0.833. The molecule has 0 atom stereocenters. The molecule has 1 saturated carbocycles. The van der Waals surface area contributed by atoms with Crippen molar-refractivity contribution in [1.29, 1.82) is 0 Å². The Morgan fingerprint density at radius 2 is 2.06 bits per heavy atom. The van der Waals surface area contributed by atoms with Crippen LogP contribution in [0.25, 0.3) is 0 Å². The molecule has 90 valence electrons. The topological polar surface area (TPSA) is 55.7 Å². The van der Waals surface area contributed by atoms with Crippen molar-refractivity contribution in [3.05, 3.63) is 0 Å². The van der Waals surface area contributed by atoms with Crippen LogP contribution in [-0.2, 0) is 14.3 Å². The van der Waals surface area contributed by atoms with Gasteiger partial charge in [0.05, 0.1) is 19.1 Å². The molecule has 0 bridgehead atoms. The fourth-order valence-electron chi connectivity index (χ4n) is 2.54. The molecule has 0 heterocycles. The Kier molecular flexibility index (Phi) is 5.20. The Morgan fingerprint density at radius 3 is 2.62 bits per heavy atom. The lowest BCUT2D eigenvalue weighted by Gasteiger charge is -2.34. The van der Waals surface area contributed by atoms with Crippen LogP contribution in [0.1, 0.15) is 44.9 Å². The van der Waals surface area contributed by atoms with Gasteiger partial charge in [0, 0.05) is 0 Å². The summed E-state index contributed by atoms with van der Waals surface area (Å²) in [5.74, 6) is -0.0951. The van der Waals surface area contributed by atoms with E-state index in [9.17, 15) is 9.59 Å². The highest BCUT2D eigenvalue weighted by molar-refractivity contribution is 5.76. The molecule has 0 aromatic carbocycles. The highest BCUT2D eigenvalue weighted by Crippen LogP contribution is 2.41. The van der Waals surface area contributed by atoms with Crippen LogP contribution in [0, 0.1) is 5.41 Å². The molecule has 0 aromatic heterocycles. The number of methoxy groups -OCH3 is 1. The summed E-state index contributed by atoms with van der Waals surface area (Å²) in [7, 11) is 1.45. The van der Waals surface area contributed by atoms with Gasteiger partial charge in [0.25, 0.3) is 0 Å². The highest BCUT2D eigenvalue weighted by Gasteiger charge is 2.39. The first-order chi connectivity index (χ1) is 7.75. The van der Waals surface area contributed by atoms with Gasteiger partial charge in [0.2, 0.25) is 6.08 Å². The van der Waals surface area contributed by atoms with Gasteiger partial charge in [0.1, 0.15) is 0 Å². The van der Waals surface area contributed by atoms with Crippen molar-refractivity contribution in [2.24, 2.45) is 10.4 Å². The van der Waals surface area contributed by atoms with Gasteiger partial charge in [-0.25, -0.2) is 9.79 Å². The summed E-state index contributed by atoms with van der Waals surface area (Å²) in [6, 6.07) is 0. The van der Waals surface area contributed by atoms with Gasteiger partial charge in [-0.05, 0) is 25.7 Å². The Hall–Kier alpha value is -1.15. The molecule has 0 aromatic rings. The summed E-state index contributed by atoms with van der Waals surface area (Å²) in [6.07, 6.45) is 8.24. The Balaban J connectivity index is 2.55. The molecular weight excluding hydrogens is 206 g/mol. The minimum absolute atomic E-state index is 0.0951. The van der Waals surface area contributed by atoms with Crippen LogP contribution < -0.4 is 0 Å². The van der Waals surface area contributed by atoms with Crippen LogP contribution in [0.15, 0.2) is 4.99 Å². The minimum Gasteiger partial charge on any atom is -0.469 e. The SMILES string of the molecule is COC(=O)C1(CCCN=C=O)CCCCC1. The third kappa shape index (κ3) is 3.17. The number of aliphatic imine (C=N–C) groups is 1. The minimum atomic E-state index is -0.314. The summed E-state index contributed by atoms with van der Waals surface area (Å²) in [5.41, 5.74) is -0.314. The number of esters is 1. The lowest BCUT2D eigenvalue weighted by Crippen LogP contribution is -2.34. The predicted octanol–water partition coefficient (Wildman–Crippen LogP) is 2.23. The maximum absolute atomic E-state index is 11.8. The number of rotatable bonds is 5. The largest absolute Gasteiger partial charge is 0.469 e. The molecule has 1 aliphatic carbocycles. The van der Waals surface area contributed by atoms with Crippen LogP contribution in [0.4, 0.5) is 0 Å². The fourth-order valence-corrected chi connectivity index (χ4v) is 2.54. The molecule has 1 fully saturated rings. The normalized spacial score (nSPS) is 18.6. The molecule has 0 N–H and O–H groups in total. The third-order valence-corrected chi connectivity index (χ3v) is 3.42. The number of ether oxygens (including phenoxy) is 1. The highest BCUT2D eigenvalue weighted by atomic mass is 16.5. The van der Waals surface area contributed by atoms with Crippen molar-refractivity contribution < 1.29 is 14.3 Å². The summed E-state index contributed by atoms with van der Waals surface area (Å²) >= 11 is 0. The Morgan fingerprint density at radius 1 is 1.38 bits per heavy atom. The molecule has 16 heavy (non-hydrogen) atoms. The zero-order valence-electron chi connectivity index (χ0n) is 9.83. The average Bonchev–Trinajstić information content (AvgIpc) is 2.35. The number of hydrogen-bond donors (Lipinski definition) is 0. The van der Waals surface area contributed by atoms with Crippen LogP contribution >= 0.6 is 0 Å². The standard InChI is InChI=1S/C12H19NO3/c1-16-11(15)12(6-3-2-4-7-12)8-5-9-13-10-14/h2-9H2,1H3. The molecule has 0 aliphatic heterocycles. The van der Waals surface area contributed by atoms with E-state index in [4.69, 9.17) is 4.74 Å². The Labute approximate surface area is 96.1 Å². The smallest absolute Gasteiger partial charge is 0.311 e. The molecule has 0 amide bonds. The summed E-state index contributed by atoms with van der Waals surface area (Å²) < 4.78 is 4.90.